The number of rotatable bonds is 6. The monoisotopic (exact) mass is 334 g/mol. The SMILES string of the molecule is CNC(=O)c1ccc(CN(C)Cc2ccc(-n3ccnc3)cc2)cc1. The van der Waals surface area contributed by atoms with Crippen molar-refractivity contribution >= 4 is 5.91 Å². The van der Waals surface area contributed by atoms with Crippen LogP contribution in [-0.4, -0.2) is 34.5 Å². The lowest BCUT2D eigenvalue weighted by Gasteiger charge is -2.17. The molecule has 0 unspecified atom stereocenters. The fourth-order valence-electron chi connectivity index (χ4n) is 2.77. The number of nitrogens with zero attached hydrogens (tertiary/aromatic N) is 3. The zero-order valence-electron chi connectivity index (χ0n) is 14.5. The van der Waals surface area contributed by atoms with Crippen molar-refractivity contribution in [3.8, 4) is 5.69 Å². The van der Waals surface area contributed by atoms with Crippen LogP contribution in [0.5, 0.6) is 0 Å². The van der Waals surface area contributed by atoms with Crippen molar-refractivity contribution in [3.63, 3.8) is 0 Å². The van der Waals surface area contributed by atoms with Gasteiger partial charge >= 0.3 is 0 Å². The predicted octanol–water partition coefficient (Wildman–Crippen LogP) is 2.86. The number of carbonyl (C=O) groups is 1. The minimum Gasteiger partial charge on any atom is -0.355 e. The molecule has 25 heavy (non-hydrogen) atoms. The molecule has 1 heterocycles. The van der Waals surface area contributed by atoms with Gasteiger partial charge in [-0.05, 0) is 42.4 Å². The number of hydrogen-bond acceptors (Lipinski definition) is 3. The van der Waals surface area contributed by atoms with Gasteiger partial charge in [-0.3, -0.25) is 9.69 Å². The van der Waals surface area contributed by atoms with Crippen LogP contribution < -0.4 is 5.32 Å². The number of imidazole rings is 1. The molecule has 0 atom stereocenters. The Morgan fingerprint density at radius 3 is 2.16 bits per heavy atom. The molecule has 2 aromatic carbocycles. The molecule has 0 bridgehead atoms. The third-order valence-electron chi connectivity index (χ3n) is 4.09. The van der Waals surface area contributed by atoms with Gasteiger partial charge < -0.3 is 9.88 Å². The second kappa shape index (κ2) is 7.77. The van der Waals surface area contributed by atoms with E-state index in [4.69, 9.17) is 0 Å². The Morgan fingerprint density at radius 1 is 1.04 bits per heavy atom. The van der Waals surface area contributed by atoms with Crippen LogP contribution >= 0.6 is 0 Å². The van der Waals surface area contributed by atoms with Crippen LogP contribution in [0.15, 0.2) is 67.3 Å². The normalized spacial score (nSPS) is 10.8. The Morgan fingerprint density at radius 2 is 1.64 bits per heavy atom. The van der Waals surface area contributed by atoms with E-state index in [2.05, 4.69) is 46.5 Å². The minimum atomic E-state index is -0.0575. The Bertz CT molecular complexity index is 808. The number of carbonyl (C=O) groups excluding carboxylic acids is 1. The van der Waals surface area contributed by atoms with Gasteiger partial charge in [-0.1, -0.05) is 24.3 Å². The van der Waals surface area contributed by atoms with Gasteiger partial charge in [0.05, 0.1) is 6.33 Å². The molecule has 0 fully saturated rings. The molecule has 0 aliphatic rings. The molecule has 0 saturated carbocycles. The molecular formula is C20H22N4O. The summed E-state index contributed by atoms with van der Waals surface area (Å²) in [6, 6.07) is 16.2. The number of aromatic nitrogens is 2. The Labute approximate surface area is 147 Å². The van der Waals surface area contributed by atoms with Gasteiger partial charge in [-0.2, -0.15) is 0 Å². The number of nitrogens with one attached hydrogen (secondary N) is 1. The zero-order valence-corrected chi connectivity index (χ0v) is 14.5. The van der Waals surface area contributed by atoms with Crippen molar-refractivity contribution in [2.24, 2.45) is 0 Å². The van der Waals surface area contributed by atoms with Crippen LogP contribution in [0.2, 0.25) is 0 Å². The van der Waals surface area contributed by atoms with Crippen LogP contribution in [0, 0.1) is 0 Å². The summed E-state index contributed by atoms with van der Waals surface area (Å²) >= 11 is 0. The zero-order chi connectivity index (χ0) is 17.6. The lowest BCUT2D eigenvalue weighted by atomic mass is 10.1. The maximum absolute atomic E-state index is 11.6. The summed E-state index contributed by atoms with van der Waals surface area (Å²) in [5.41, 5.74) is 4.23. The average Bonchev–Trinajstić information content (AvgIpc) is 3.17. The Kier molecular flexibility index (Phi) is 5.26. The number of benzene rings is 2. The molecule has 128 valence electrons. The van der Waals surface area contributed by atoms with Gasteiger partial charge in [0.2, 0.25) is 0 Å². The van der Waals surface area contributed by atoms with Gasteiger partial charge in [0.25, 0.3) is 5.91 Å². The van der Waals surface area contributed by atoms with E-state index in [1.165, 1.54) is 11.1 Å². The van der Waals surface area contributed by atoms with Gasteiger partial charge in [0.15, 0.2) is 0 Å². The molecule has 0 aliphatic carbocycles. The molecule has 0 aliphatic heterocycles. The molecule has 3 aromatic rings. The van der Waals surface area contributed by atoms with Gasteiger partial charge in [-0.15, -0.1) is 0 Å². The molecule has 5 heteroatoms. The average molecular weight is 334 g/mol. The second-order valence-electron chi connectivity index (χ2n) is 6.08. The summed E-state index contributed by atoms with van der Waals surface area (Å²) < 4.78 is 1.99. The molecule has 0 spiro atoms. The first-order valence-electron chi connectivity index (χ1n) is 8.22. The van der Waals surface area contributed by atoms with Crippen molar-refractivity contribution in [2.45, 2.75) is 13.1 Å². The van der Waals surface area contributed by atoms with Crippen LogP contribution in [0.3, 0.4) is 0 Å². The minimum absolute atomic E-state index is 0.0575. The molecular weight excluding hydrogens is 312 g/mol. The maximum atomic E-state index is 11.6. The van der Waals surface area contributed by atoms with E-state index >= 15 is 0 Å². The first kappa shape index (κ1) is 16.9. The molecule has 1 amide bonds. The van der Waals surface area contributed by atoms with Crippen molar-refractivity contribution < 1.29 is 4.79 Å². The van der Waals surface area contributed by atoms with Crippen LogP contribution in [0.4, 0.5) is 0 Å². The summed E-state index contributed by atoms with van der Waals surface area (Å²) in [5, 5.41) is 2.63. The fourth-order valence-corrected chi connectivity index (χ4v) is 2.77. The van der Waals surface area contributed by atoms with E-state index in [9.17, 15) is 4.79 Å². The molecule has 1 aromatic heterocycles. The highest BCUT2D eigenvalue weighted by Crippen LogP contribution is 2.13. The summed E-state index contributed by atoms with van der Waals surface area (Å²) in [7, 11) is 3.73. The Balaban J connectivity index is 1.58. The summed E-state index contributed by atoms with van der Waals surface area (Å²) in [6.07, 6.45) is 5.50. The number of amides is 1. The summed E-state index contributed by atoms with van der Waals surface area (Å²) in [4.78, 5) is 17.9. The molecule has 5 nitrogen and oxygen atoms in total. The van der Waals surface area contributed by atoms with Crippen molar-refractivity contribution in [2.75, 3.05) is 14.1 Å². The molecule has 0 saturated heterocycles. The van der Waals surface area contributed by atoms with Crippen molar-refractivity contribution in [3.05, 3.63) is 83.9 Å². The highest BCUT2D eigenvalue weighted by molar-refractivity contribution is 5.93. The van der Waals surface area contributed by atoms with E-state index < -0.39 is 0 Å². The molecule has 3 rings (SSSR count). The first-order chi connectivity index (χ1) is 12.2. The van der Waals surface area contributed by atoms with Crippen LogP contribution in [0.25, 0.3) is 5.69 Å². The second-order valence-corrected chi connectivity index (χ2v) is 6.08. The highest BCUT2D eigenvalue weighted by atomic mass is 16.1. The fraction of sp³-hybridized carbons (Fsp3) is 0.200. The lowest BCUT2D eigenvalue weighted by Crippen LogP contribution is -2.19. The van der Waals surface area contributed by atoms with E-state index in [0.29, 0.717) is 5.56 Å². The van der Waals surface area contributed by atoms with Crippen LogP contribution in [0.1, 0.15) is 21.5 Å². The standard InChI is InChI=1S/C20H22N4O/c1-21-20(25)18-7-3-16(4-8-18)13-23(2)14-17-5-9-19(10-6-17)24-12-11-22-15-24/h3-12,15H,13-14H2,1-2H3,(H,21,25). The topological polar surface area (TPSA) is 50.2 Å². The van der Waals surface area contributed by atoms with Crippen molar-refractivity contribution in [1.82, 2.24) is 19.8 Å². The lowest BCUT2D eigenvalue weighted by molar-refractivity contribution is 0.0963. The van der Waals surface area contributed by atoms with Crippen molar-refractivity contribution in [1.29, 1.82) is 0 Å². The maximum Gasteiger partial charge on any atom is 0.251 e. The smallest absolute Gasteiger partial charge is 0.251 e. The van der Waals surface area contributed by atoms with Gasteiger partial charge in [-0.25, -0.2) is 4.98 Å². The van der Waals surface area contributed by atoms with E-state index in [1.807, 2.05) is 35.0 Å². The Hall–Kier alpha value is -2.92. The third kappa shape index (κ3) is 4.33. The summed E-state index contributed by atoms with van der Waals surface area (Å²) in [6.45, 7) is 1.69. The highest BCUT2D eigenvalue weighted by Gasteiger charge is 2.05. The largest absolute Gasteiger partial charge is 0.355 e. The predicted molar refractivity (Wildman–Crippen MR) is 98.6 cm³/mol. The first-order valence-corrected chi connectivity index (χ1v) is 8.22. The summed E-state index contributed by atoms with van der Waals surface area (Å²) in [5.74, 6) is -0.0575. The third-order valence-corrected chi connectivity index (χ3v) is 4.09. The van der Waals surface area contributed by atoms with Crippen LogP contribution in [-0.2, 0) is 13.1 Å². The van der Waals surface area contributed by atoms with Gasteiger partial charge in [0.1, 0.15) is 0 Å². The molecule has 0 radical (unpaired) electrons. The van der Waals surface area contributed by atoms with E-state index in [0.717, 1.165) is 18.8 Å². The van der Waals surface area contributed by atoms with E-state index in [-0.39, 0.29) is 5.91 Å². The number of hydrogen-bond donors (Lipinski definition) is 1. The van der Waals surface area contributed by atoms with E-state index in [1.54, 1.807) is 19.6 Å². The van der Waals surface area contributed by atoms with Gasteiger partial charge in [0, 0.05) is 43.8 Å². The molecule has 1 N–H and O–H groups in total. The quantitative estimate of drug-likeness (QED) is 0.754.